The Kier molecular flexibility index (Phi) is 6.27. The van der Waals surface area contributed by atoms with Crippen LogP contribution in [0.3, 0.4) is 0 Å². The van der Waals surface area contributed by atoms with Gasteiger partial charge in [0.15, 0.2) is 0 Å². The van der Waals surface area contributed by atoms with Crippen molar-refractivity contribution in [2.45, 2.75) is 91.3 Å². The predicted molar refractivity (Wildman–Crippen MR) is 94.0 cm³/mol. The lowest BCUT2D eigenvalue weighted by Gasteiger charge is -2.35. The van der Waals surface area contributed by atoms with Crippen LogP contribution in [0.1, 0.15) is 74.1 Å². The molecule has 0 amide bonds. The van der Waals surface area contributed by atoms with E-state index in [1.54, 1.807) is 8.61 Å². The third-order valence-corrected chi connectivity index (χ3v) is 6.49. The second kappa shape index (κ2) is 7.02. The van der Waals surface area contributed by atoms with Crippen molar-refractivity contribution in [3.05, 3.63) is 12.2 Å². The van der Waals surface area contributed by atoms with Crippen LogP contribution < -0.4 is 0 Å². The second-order valence-electron chi connectivity index (χ2n) is 8.17. The predicted octanol–water partition coefficient (Wildman–Crippen LogP) is 3.95. The molecule has 0 aromatic carbocycles. The highest BCUT2D eigenvalue weighted by Gasteiger charge is 2.51. The van der Waals surface area contributed by atoms with Crippen molar-refractivity contribution in [1.82, 2.24) is 8.61 Å². The standard InChI is InChI=1S/C17H34N2O2S/c1-8-9-10-11-12-13-15-14-18(16(2,3)4)22(20,21)19(15)17(5,6)7/h12-13,15H,8-11,14H2,1-7H3/b13-12+. The fraction of sp³-hybridized carbons (Fsp3) is 0.882. The Labute approximate surface area is 137 Å². The van der Waals surface area contributed by atoms with Crippen LogP contribution in [0.2, 0.25) is 0 Å². The molecule has 4 nitrogen and oxygen atoms in total. The normalized spacial score (nSPS) is 24.4. The summed E-state index contributed by atoms with van der Waals surface area (Å²) in [6.45, 7) is 14.5. The summed E-state index contributed by atoms with van der Waals surface area (Å²) < 4.78 is 29.2. The van der Waals surface area contributed by atoms with E-state index in [0.29, 0.717) is 6.54 Å². The van der Waals surface area contributed by atoms with Gasteiger partial charge in [0, 0.05) is 17.6 Å². The smallest absolute Gasteiger partial charge is 0.195 e. The summed E-state index contributed by atoms with van der Waals surface area (Å²) in [6, 6.07) is -0.0779. The van der Waals surface area contributed by atoms with Gasteiger partial charge in [0.25, 0.3) is 10.2 Å². The van der Waals surface area contributed by atoms with Gasteiger partial charge in [-0.2, -0.15) is 17.0 Å². The molecule has 0 aromatic heterocycles. The first-order valence-corrected chi connectivity index (χ1v) is 9.81. The SMILES string of the molecule is CCCCC/C=C/C1CN(C(C)(C)C)S(=O)(=O)N1C(C)(C)C. The molecule has 1 unspecified atom stereocenters. The number of unbranched alkanes of at least 4 members (excludes halogenated alkanes) is 3. The summed E-state index contributed by atoms with van der Waals surface area (Å²) in [4.78, 5) is 0. The summed E-state index contributed by atoms with van der Waals surface area (Å²) in [6.07, 6.45) is 8.87. The first-order chi connectivity index (χ1) is 9.92. The Balaban J connectivity index is 3.01. The van der Waals surface area contributed by atoms with Crippen molar-refractivity contribution in [3.63, 3.8) is 0 Å². The average Bonchev–Trinajstić information content (AvgIpc) is 2.59. The molecule has 130 valence electrons. The highest BCUT2D eigenvalue weighted by molar-refractivity contribution is 7.87. The van der Waals surface area contributed by atoms with E-state index in [0.717, 1.165) is 6.42 Å². The van der Waals surface area contributed by atoms with E-state index in [9.17, 15) is 8.42 Å². The van der Waals surface area contributed by atoms with Crippen LogP contribution >= 0.6 is 0 Å². The Hall–Kier alpha value is -0.390. The fourth-order valence-corrected chi connectivity index (χ4v) is 5.40. The molecule has 1 aliphatic heterocycles. The van der Waals surface area contributed by atoms with Gasteiger partial charge >= 0.3 is 0 Å². The molecule has 22 heavy (non-hydrogen) atoms. The molecule has 0 saturated carbocycles. The number of allylic oxidation sites excluding steroid dienone is 1. The summed E-state index contributed by atoms with van der Waals surface area (Å²) >= 11 is 0. The average molecular weight is 331 g/mol. The zero-order chi connectivity index (χ0) is 17.2. The van der Waals surface area contributed by atoms with Gasteiger partial charge in [-0.3, -0.25) is 0 Å². The molecule has 1 saturated heterocycles. The van der Waals surface area contributed by atoms with E-state index < -0.39 is 21.3 Å². The molecule has 1 aliphatic rings. The maximum absolute atomic E-state index is 12.9. The highest BCUT2D eigenvalue weighted by atomic mass is 32.2. The molecule has 5 heteroatoms. The molecule has 0 aromatic rings. The van der Waals surface area contributed by atoms with Crippen molar-refractivity contribution in [3.8, 4) is 0 Å². The topological polar surface area (TPSA) is 40.6 Å². The Morgan fingerprint density at radius 2 is 1.64 bits per heavy atom. The first-order valence-electron chi connectivity index (χ1n) is 8.41. The molecule has 0 aliphatic carbocycles. The first kappa shape index (κ1) is 19.7. The van der Waals surface area contributed by atoms with E-state index in [-0.39, 0.29) is 6.04 Å². The maximum atomic E-state index is 12.9. The van der Waals surface area contributed by atoms with Gasteiger partial charge in [-0.05, 0) is 54.4 Å². The van der Waals surface area contributed by atoms with Gasteiger partial charge in [0.05, 0.1) is 6.04 Å². The quantitative estimate of drug-likeness (QED) is 0.565. The molecule has 0 spiro atoms. The van der Waals surface area contributed by atoms with Crippen LogP contribution in [0.25, 0.3) is 0 Å². The number of nitrogens with zero attached hydrogens (tertiary/aromatic N) is 2. The van der Waals surface area contributed by atoms with Crippen molar-refractivity contribution < 1.29 is 8.42 Å². The number of rotatable bonds is 5. The van der Waals surface area contributed by atoms with Gasteiger partial charge in [-0.15, -0.1) is 0 Å². The van der Waals surface area contributed by atoms with Gasteiger partial charge in [0.2, 0.25) is 0 Å². The van der Waals surface area contributed by atoms with Crippen molar-refractivity contribution in [2.75, 3.05) is 6.54 Å². The summed E-state index contributed by atoms with van der Waals surface area (Å²) in [5.41, 5.74) is -0.815. The zero-order valence-corrected chi connectivity index (χ0v) is 16.2. The fourth-order valence-electron chi connectivity index (χ4n) is 2.98. The third-order valence-electron chi connectivity index (χ3n) is 3.92. The molecule has 0 radical (unpaired) electrons. The van der Waals surface area contributed by atoms with Gasteiger partial charge in [-0.1, -0.05) is 31.9 Å². The number of hydrogen-bond donors (Lipinski definition) is 0. The van der Waals surface area contributed by atoms with Crippen LogP contribution in [-0.4, -0.2) is 40.7 Å². The summed E-state index contributed by atoms with van der Waals surface area (Å²) in [5.74, 6) is 0. The van der Waals surface area contributed by atoms with E-state index in [1.165, 1.54) is 19.3 Å². The van der Waals surface area contributed by atoms with Gasteiger partial charge in [-0.25, -0.2) is 0 Å². The minimum Gasteiger partial charge on any atom is -0.195 e. The lowest BCUT2D eigenvalue weighted by atomic mass is 10.0. The van der Waals surface area contributed by atoms with Gasteiger partial charge in [0.1, 0.15) is 0 Å². The lowest BCUT2D eigenvalue weighted by Crippen LogP contribution is -2.50. The molecular weight excluding hydrogens is 296 g/mol. The van der Waals surface area contributed by atoms with Crippen molar-refractivity contribution in [1.29, 1.82) is 0 Å². The van der Waals surface area contributed by atoms with Crippen LogP contribution in [0, 0.1) is 0 Å². The monoisotopic (exact) mass is 330 g/mol. The highest BCUT2D eigenvalue weighted by Crippen LogP contribution is 2.35. The Morgan fingerprint density at radius 1 is 1.05 bits per heavy atom. The minimum atomic E-state index is -3.42. The Bertz CT molecular complexity index is 484. The molecule has 0 N–H and O–H groups in total. The van der Waals surface area contributed by atoms with Crippen LogP contribution in [0.4, 0.5) is 0 Å². The van der Waals surface area contributed by atoms with Crippen LogP contribution in [0.15, 0.2) is 12.2 Å². The molecular formula is C17H34N2O2S. The molecule has 1 rings (SSSR count). The van der Waals surface area contributed by atoms with Crippen LogP contribution in [-0.2, 0) is 10.2 Å². The van der Waals surface area contributed by atoms with E-state index in [2.05, 4.69) is 19.1 Å². The number of hydrogen-bond acceptors (Lipinski definition) is 2. The Morgan fingerprint density at radius 3 is 2.09 bits per heavy atom. The summed E-state index contributed by atoms with van der Waals surface area (Å²) in [5, 5.41) is 0. The van der Waals surface area contributed by atoms with E-state index in [1.807, 2.05) is 41.5 Å². The zero-order valence-electron chi connectivity index (χ0n) is 15.4. The molecule has 1 fully saturated rings. The van der Waals surface area contributed by atoms with Crippen molar-refractivity contribution >= 4 is 10.2 Å². The van der Waals surface area contributed by atoms with E-state index in [4.69, 9.17) is 0 Å². The third kappa shape index (κ3) is 4.56. The molecule has 1 atom stereocenters. The maximum Gasteiger partial charge on any atom is 0.283 e. The largest absolute Gasteiger partial charge is 0.283 e. The van der Waals surface area contributed by atoms with Gasteiger partial charge < -0.3 is 0 Å². The minimum absolute atomic E-state index is 0.0779. The van der Waals surface area contributed by atoms with E-state index >= 15 is 0 Å². The van der Waals surface area contributed by atoms with Crippen molar-refractivity contribution in [2.24, 2.45) is 0 Å². The molecule has 1 heterocycles. The molecule has 0 bridgehead atoms. The summed E-state index contributed by atoms with van der Waals surface area (Å²) in [7, 11) is -3.42. The lowest BCUT2D eigenvalue weighted by molar-refractivity contribution is 0.231. The van der Waals surface area contributed by atoms with Crippen LogP contribution in [0.5, 0.6) is 0 Å². The second-order valence-corrected chi connectivity index (χ2v) is 9.90.